The molecule has 1 aliphatic rings. The molecule has 5 rings (SSSR count). The van der Waals surface area contributed by atoms with Crippen molar-refractivity contribution in [1.82, 2.24) is 4.31 Å². The minimum atomic E-state index is -3.63. The summed E-state index contributed by atoms with van der Waals surface area (Å²) in [4.78, 5) is 13.6. The molecule has 0 spiro atoms. The maximum Gasteiger partial charge on any atom is 0.292 e. The molecular weight excluding hydrogens is 488 g/mol. The molecule has 37 heavy (non-hydrogen) atoms. The van der Waals surface area contributed by atoms with Crippen LogP contribution in [0.2, 0.25) is 0 Å². The Morgan fingerprint density at radius 1 is 0.838 bits per heavy atom. The number of nitro benzene ring substituents is 1. The Morgan fingerprint density at radius 3 is 2.22 bits per heavy atom. The molecule has 0 aliphatic carbocycles. The smallest absolute Gasteiger partial charge is 0.292 e. The lowest BCUT2D eigenvalue weighted by Gasteiger charge is -2.35. The fourth-order valence-electron chi connectivity index (χ4n) is 4.72. The minimum absolute atomic E-state index is 0.00375. The fraction of sp³-hybridized carbons (Fsp3) is 0.214. The van der Waals surface area contributed by atoms with Crippen LogP contribution in [0.25, 0.3) is 10.8 Å². The molecule has 0 bridgehead atoms. The predicted molar refractivity (Wildman–Crippen MR) is 146 cm³/mol. The molecule has 1 atom stereocenters. The first-order valence-corrected chi connectivity index (χ1v) is 13.6. The third-order valence-corrected chi connectivity index (χ3v) is 8.71. The van der Waals surface area contributed by atoms with Crippen LogP contribution in [-0.2, 0) is 10.0 Å². The Balaban J connectivity index is 1.32. The summed E-state index contributed by atoms with van der Waals surface area (Å²) >= 11 is 0. The van der Waals surface area contributed by atoms with Crippen LogP contribution < -0.4 is 10.2 Å². The quantitative estimate of drug-likeness (QED) is 0.260. The number of piperazine rings is 1. The maximum atomic E-state index is 13.3. The molecule has 190 valence electrons. The zero-order valence-electron chi connectivity index (χ0n) is 20.4. The Bertz CT molecular complexity index is 1530. The summed E-state index contributed by atoms with van der Waals surface area (Å²) in [5.74, 6) is 0. The standard InChI is InChI=1S/C28H28N4O4S/c1-21(22-7-3-2-4-8-22)29-27-20-25(12-14-28(27)32(33)34)30-15-17-31(18-16-30)37(35,36)26-13-11-23-9-5-6-10-24(23)19-26/h2-14,19-21,29H,15-18H2,1H3. The second-order valence-electron chi connectivity index (χ2n) is 9.14. The minimum Gasteiger partial charge on any atom is -0.373 e. The summed E-state index contributed by atoms with van der Waals surface area (Å²) in [5.41, 5.74) is 2.28. The van der Waals surface area contributed by atoms with Crippen molar-refractivity contribution < 1.29 is 13.3 Å². The monoisotopic (exact) mass is 516 g/mol. The average molecular weight is 517 g/mol. The van der Waals surface area contributed by atoms with E-state index in [1.54, 1.807) is 24.3 Å². The first-order valence-electron chi connectivity index (χ1n) is 12.2. The second-order valence-corrected chi connectivity index (χ2v) is 11.1. The number of fused-ring (bicyclic) bond motifs is 1. The lowest BCUT2D eigenvalue weighted by Crippen LogP contribution is -2.48. The number of nitrogens with one attached hydrogen (secondary N) is 1. The van der Waals surface area contributed by atoms with E-state index in [0.29, 0.717) is 31.9 Å². The van der Waals surface area contributed by atoms with Gasteiger partial charge < -0.3 is 10.2 Å². The average Bonchev–Trinajstić information content (AvgIpc) is 2.93. The zero-order chi connectivity index (χ0) is 26.0. The predicted octanol–water partition coefficient (Wildman–Crippen LogP) is 5.43. The summed E-state index contributed by atoms with van der Waals surface area (Å²) < 4.78 is 28.2. The van der Waals surface area contributed by atoms with Gasteiger partial charge in [-0.1, -0.05) is 60.7 Å². The second kappa shape index (κ2) is 10.2. The Morgan fingerprint density at radius 2 is 1.51 bits per heavy atom. The van der Waals surface area contributed by atoms with E-state index in [1.165, 1.54) is 10.4 Å². The topological polar surface area (TPSA) is 95.8 Å². The number of hydrogen-bond acceptors (Lipinski definition) is 6. The van der Waals surface area contributed by atoms with Gasteiger partial charge in [-0.2, -0.15) is 4.31 Å². The molecule has 1 aliphatic heterocycles. The molecule has 0 radical (unpaired) electrons. The lowest BCUT2D eigenvalue weighted by atomic mass is 10.1. The first-order chi connectivity index (χ1) is 17.8. The Hall–Kier alpha value is -3.95. The van der Waals surface area contributed by atoms with Crippen LogP contribution in [0, 0.1) is 10.1 Å². The third-order valence-electron chi connectivity index (χ3n) is 6.81. The number of nitrogens with zero attached hydrogens (tertiary/aromatic N) is 3. The van der Waals surface area contributed by atoms with Crippen molar-refractivity contribution in [3.8, 4) is 0 Å². The molecule has 0 amide bonds. The van der Waals surface area contributed by atoms with E-state index in [2.05, 4.69) is 10.2 Å². The Kier molecular flexibility index (Phi) is 6.82. The van der Waals surface area contributed by atoms with E-state index in [1.807, 2.05) is 67.6 Å². The molecular formula is C28H28N4O4S. The van der Waals surface area contributed by atoms with Gasteiger partial charge in [0.1, 0.15) is 5.69 Å². The molecule has 1 heterocycles. The Labute approximate surface area is 216 Å². The highest BCUT2D eigenvalue weighted by Gasteiger charge is 2.29. The number of benzene rings is 4. The molecule has 1 fully saturated rings. The van der Waals surface area contributed by atoms with Crippen molar-refractivity contribution in [3.63, 3.8) is 0 Å². The highest BCUT2D eigenvalue weighted by molar-refractivity contribution is 7.89. The van der Waals surface area contributed by atoms with Gasteiger partial charge in [-0.25, -0.2) is 8.42 Å². The zero-order valence-corrected chi connectivity index (χ0v) is 21.3. The van der Waals surface area contributed by atoms with Gasteiger partial charge in [0.15, 0.2) is 0 Å². The molecule has 1 saturated heterocycles. The van der Waals surface area contributed by atoms with Gasteiger partial charge in [0, 0.05) is 44.0 Å². The van der Waals surface area contributed by atoms with E-state index >= 15 is 0 Å². The van der Waals surface area contributed by atoms with Crippen molar-refractivity contribution in [2.45, 2.75) is 17.9 Å². The van der Waals surface area contributed by atoms with E-state index in [0.717, 1.165) is 22.0 Å². The fourth-order valence-corrected chi connectivity index (χ4v) is 6.18. The van der Waals surface area contributed by atoms with Crippen LogP contribution in [0.5, 0.6) is 0 Å². The third kappa shape index (κ3) is 5.14. The van der Waals surface area contributed by atoms with Crippen LogP contribution in [-0.4, -0.2) is 43.8 Å². The molecule has 1 unspecified atom stereocenters. The van der Waals surface area contributed by atoms with Crippen molar-refractivity contribution >= 4 is 37.9 Å². The van der Waals surface area contributed by atoms with Gasteiger partial charge in [-0.05, 0) is 47.5 Å². The van der Waals surface area contributed by atoms with E-state index in [4.69, 9.17) is 0 Å². The molecule has 1 N–H and O–H groups in total. The summed E-state index contributed by atoms with van der Waals surface area (Å²) in [5, 5.41) is 16.8. The molecule has 4 aromatic rings. The SMILES string of the molecule is CC(Nc1cc(N2CCN(S(=O)(=O)c3ccc4ccccc4c3)CC2)ccc1[N+](=O)[O-])c1ccccc1. The van der Waals surface area contributed by atoms with Crippen molar-refractivity contribution in [3.05, 3.63) is 107 Å². The van der Waals surface area contributed by atoms with Crippen molar-refractivity contribution in [1.29, 1.82) is 0 Å². The molecule has 8 nitrogen and oxygen atoms in total. The summed E-state index contributed by atoms with van der Waals surface area (Å²) in [6.45, 7) is 3.59. The summed E-state index contributed by atoms with van der Waals surface area (Å²) in [6.07, 6.45) is 0. The molecule has 0 aromatic heterocycles. The van der Waals surface area contributed by atoms with Crippen LogP contribution in [0.15, 0.2) is 95.9 Å². The largest absolute Gasteiger partial charge is 0.373 e. The van der Waals surface area contributed by atoms with Crippen molar-refractivity contribution in [2.24, 2.45) is 0 Å². The number of nitro groups is 1. The van der Waals surface area contributed by atoms with E-state index in [-0.39, 0.29) is 16.6 Å². The molecule has 9 heteroatoms. The van der Waals surface area contributed by atoms with E-state index in [9.17, 15) is 18.5 Å². The summed E-state index contributed by atoms with van der Waals surface area (Å²) in [6, 6.07) is 27.5. The van der Waals surface area contributed by atoms with Gasteiger partial charge in [-0.15, -0.1) is 0 Å². The van der Waals surface area contributed by atoms with Gasteiger partial charge in [0.2, 0.25) is 10.0 Å². The molecule has 0 saturated carbocycles. The normalized spacial score (nSPS) is 15.4. The van der Waals surface area contributed by atoms with Crippen LogP contribution in [0.3, 0.4) is 0 Å². The van der Waals surface area contributed by atoms with Gasteiger partial charge in [0.25, 0.3) is 5.69 Å². The van der Waals surface area contributed by atoms with E-state index < -0.39 is 14.9 Å². The van der Waals surface area contributed by atoms with Gasteiger partial charge in [0.05, 0.1) is 9.82 Å². The van der Waals surface area contributed by atoms with Crippen LogP contribution in [0.4, 0.5) is 17.1 Å². The number of hydrogen-bond donors (Lipinski definition) is 1. The first kappa shape index (κ1) is 24.7. The number of sulfonamides is 1. The van der Waals surface area contributed by atoms with Crippen LogP contribution >= 0.6 is 0 Å². The van der Waals surface area contributed by atoms with Crippen LogP contribution in [0.1, 0.15) is 18.5 Å². The van der Waals surface area contributed by atoms with Gasteiger partial charge in [-0.3, -0.25) is 10.1 Å². The maximum absolute atomic E-state index is 13.3. The number of rotatable bonds is 7. The lowest BCUT2D eigenvalue weighted by molar-refractivity contribution is -0.384. The molecule has 4 aromatic carbocycles. The highest BCUT2D eigenvalue weighted by atomic mass is 32.2. The highest BCUT2D eigenvalue weighted by Crippen LogP contribution is 2.33. The number of anilines is 2. The van der Waals surface area contributed by atoms with Crippen molar-refractivity contribution in [2.75, 3.05) is 36.4 Å². The van der Waals surface area contributed by atoms with Gasteiger partial charge >= 0.3 is 0 Å². The summed E-state index contributed by atoms with van der Waals surface area (Å²) in [7, 11) is -3.63.